The molecule has 22 heavy (non-hydrogen) atoms. The van der Waals surface area contributed by atoms with Gasteiger partial charge in [-0.1, -0.05) is 42.5 Å². The van der Waals surface area contributed by atoms with Crippen LogP contribution in [-0.4, -0.2) is 11.6 Å². The summed E-state index contributed by atoms with van der Waals surface area (Å²) in [5.74, 6) is 0.349. The van der Waals surface area contributed by atoms with Gasteiger partial charge in [0.2, 0.25) is 5.91 Å². The van der Waals surface area contributed by atoms with E-state index in [9.17, 15) is 4.79 Å². The minimum absolute atomic E-state index is 0.0105. The molecule has 1 saturated carbocycles. The molecule has 4 heteroatoms. The quantitative estimate of drug-likeness (QED) is 0.517. The van der Waals surface area contributed by atoms with Gasteiger partial charge in [0.25, 0.3) is 0 Å². The third-order valence-corrected chi connectivity index (χ3v) is 4.02. The van der Waals surface area contributed by atoms with Crippen molar-refractivity contribution in [3.8, 4) is 0 Å². The van der Waals surface area contributed by atoms with Crippen molar-refractivity contribution in [1.29, 1.82) is 0 Å². The number of hydrogen-bond acceptors (Lipinski definition) is 3. The third-order valence-electron chi connectivity index (χ3n) is 4.02. The summed E-state index contributed by atoms with van der Waals surface area (Å²) in [5, 5.41) is 4.19. The summed E-state index contributed by atoms with van der Waals surface area (Å²) >= 11 is 0. The van der Waals surface area contributed by atoms with Crippen LogP contribution in [0.3, 0.4) is 0 Å². The minimum atomic E-state index is -0.0105. The molecule has 3 N–H and O–H groups in total. The molecule has 2 aromatic rings. The van der Waals surface area contributed by atoms with Crippen LogP contribution in [0.1, 0.15) is 30.4 Å². The van der Waals surface area contributed by atoms with E-state index in [0.717, 1.165) is 17.7 Å². The number of hydrazone groups is 1. The Balaban J connectivity index is 1.59. The molecule has 0 bridgehead atoms. The van der Waals surface area contributed by atoms with Gasteiger partial charge in [-0.15, -0.1) is 0 Å². The van der Waals surface area contributed by atoms with Gasteiger partial charge in [0.15, 0.2) is 0 Å². The molecule has 1 fully saturated rings. The maximum absolute atomic E-state index is 12.1. The highest BCUT2D eigenvalue weighted by Crippen LogP contribution is 2.47. The van der Waals surface area contributed by atoms with Gasteiger partial charge in [-0.05, 0) is 42.5 Å². The zero-order valence-corrected chi connectivity index (χ0v) is 12.5. The Bertz CT molecular complexity index is 692. The molecular weight excluding hydrogens is 274 g/mol. The number of nitrogen functional groups attached to an aromatic ring is 1. The zero-order chi connectivity index (χ0) is 15.5. The van der Waals surface area contributed by atoms with Crippen LogP contribution in [0.4, 0.5) is 5.69 Å². The van der Waals surface area contributed by atoms with Crippen LogP contribution in [0, 0.1) is 5.92 Å². The van der Waals surface area contributed by atoms with Gasteiger partial charge in [0, 0.05) is 11.6 Å². The number of nitrogens with two attached hydrogens (primary N) is 1. The predicted molar refractivity (Wildman–Crippen MR) is 88.5 cm³/mol. The van der Waals surface area contributed by atoms with E-state index in [0.29, 0.717) is 11.6 Å². The lowest BCUT2D eigenvalue weighted by Crippen LogP contribution is -2.21. The van der Waals surface area contributed by atoms with Crippen molar-refractivity contribution in [2.75, 3.05) is 5.73 Å². The zero-order valence-electron chi connectivity index (χ0n) is 12.5. The van der Waals surface area contributed by atoms with Crippen LogP contribution in [0.2, 0.25) is 0 Å². The molecule has 0 heterocycles. The number of carbonyl (C=O) groups is 1. The van der Waals surface area contributed by atoms with Gasteiger partial charge >= 0.3 is 0 Å². The highest BCUT2D eigenvalue weighted by atomic mass is 16.2. The Morgan fingerprint density at radius 2 is 1.82 bits per heavy atom. The lowest BCUT2D eigenvalue weighted by Gasteiger charge is -2.03. The van der Waals surface area contributed by atoms with Crippen molar-refractivity contribution < 1.29 is 4.79 Å². The molecular formula is C18H19N3O. The van der Waals surface area contributed by atoms with Gasteiger partial charge in [-0.25, -0.2) is 5.43 Å². The Morgan fingerprint density at radius 3 is 2.50 bits per heavy atom. The lowest BCUT2D eigenvalue weighted by molar-refractivity contribution is -0.122. The van der Waals surface area contributed by atoms with Crippen LogP contribution in [-0.2, 0) is 4.79 Å². The molecule has 1 aliphatic carbocycles. The van der Waals surface area contributed by atoms with Crippen molar-refractivity contribution in [3.63, 3.8) is 0 Å². The van der Waals surface area contributed by atoms with E-state index in [4.69, 9.17) is 5.73 Å². The molecule has 0 spiro atoms. The normalized spacial score (nSPS) is 20.5. The fourth-order valence-electron chi connectivity index (χ4n) is 2.56. The SMILES string of the molecule is C/C(=N\NC(=O)[C@@H]1C[C@H]1c1ccccc1)c1ccc(N)cc1. The fourth-order valence-corrected chi connectivity index (χ4v) is 2.56. The summed E-state index contributed by atoms with van der Waals surface area (Å²) < 4.78 is 0. The standard InChI is InChI=1S/C18H19N3O/c1-12(13-7-9-15(19)10-8-13)20-21-18(22)17-11-16(17)14-5-3-2-4-6-14/h2-10,16-17H,11,19H2,1H3,(H,21,22)/b20-12+/t16-,17+/m0/s1. The average molecular weight is 293 g/mol. The summed E-state index contributed by atoms with van der Waals surface area (Å²) in [7, 11) is 0. The van der Waals surface area contributed by atoms with Crippen molar-refractivity contribution >= 4 is 17.3 Å². The second kappa shape index (κ2) is 6.02. The molecule has 112 valence electrons. The second-order valence-corrected chi connectivity index (χ2v) is 5.65. The molecule has 0 aromatic heterocycles. The van der Waals surface area contributed by atoms with E-state index in [-0.39, 0.29) is 11.8 Å². The fraction of sp³-hybridized carbons (Fsp3) is 0.222. The number of amides is 1. The van der Waals surface area contributed by atoms with Crippen molar-refractivity contribution in [2.24, 2.45) is 11.0 Å². The molecule has 0 radical (unpaired) electrons. The molecule has 0 saturated heterocycles. The predicted octanol–water partition coefficient (Wildman–Crippen LogP) is 2.91. The largest absolute Gasteiger partial charge is 0.399 e. The first-order chi connectivity index (χ1) is 10.6. The van der Waals surface area contributed by atoms with Crippen LogP contribution in [0.15, 0.2) is 59.7 Å². The first-order valence-electron chi connectivity index (χ1n) is 7.40. The van der Waals surface area contributed by atoms with Gasteiger partial charge in [0.1, 0.15) is 0 Å². The lowest BCUT2D eigenvalue weighted by atomic mass is 10.1. The van der Waals surface area contributed by atoms with Crippen LogP contribution < -0.4 is 11.2 Å². The minimum Gasteiger partial charge on any atom is -0.399 e. The molecule has 3 rings (SSSR count). The first kappa shape index (κ1) is 14.3. The van der Waals surface area contributed by atoms with Gasteiger partial charge in [0.05, 0.1) is 5.71 Å². The Kier molecular flexibility index (Phi) is 3.92. The summed E-state index contributed by atoms with van der Waals surface area (Å²) in [6.07, 6.45) is 0.895. The smallest absolute Gasteiger partial charge is 0.243 e. The molecule has 0 unspecified atom stereocenters. The maximum atomic E-state index is 12.1. The number of benzene rings is 2. The topological polar surface area (TPSA) is 67.5 Å². The number of hydrogen-bond donors (Lipinski definition) is 2. The summed E-state index contributed by atoms with van der Waals surface area (Å²) in [5.41, 5.74) is 12.0. The van der Waals surface area contributed by atoms with Crippen LogP contribution >= 0.6 is 0 Å². The molecule has 1 aliphatic rings. The van der Waals surface area contributed by atoms with Gasteiger partial charge in [-0.3, -0.25) is 4.79 Å². The van der Waals surface area contributed by atoms with E-state index < -0.39 is 0 Å². The molecule has 0 aliphatic heterocycles. The molecule has 4 nitrogen and oxygen atoms in total. The third kappa shape index (κ3) is 3.17. The van der Waals surface area contributed by atoms with E-state index in [1.807, 2.05) is 49.4 Å². The maximum Gasteiger partial charge on any atom is 0.243 e. The summed E-state index contributed by atoms with van der Waals surface area (Å²) in [4.78, 5) is 12.1. The van der Waals surface area contributed by atoms with E-state index in [2.05, 4.69) is 22.7 Å². The summed E-state index contributed by atoms with van der Waals surface area (Å²) in [6, 6.07) is 17.6. The Morgan fingerprint density at radius 1 is 1.14 bits per heavy atom. The highest BCUT2D eigenvalue weighted by molar-refractivity contribution is 5.99. The number of rotatable bonds is 4. The molecule has 1 amide bonds. The van der Waals surface area contributed by atoms with Crippen LogP contribution in [0.5, 0.6) is 0 Å². The monoisotopic (exact) mass is 293 g/mol. The van der Waals surface area contributed by atoms with E-state index in [1.54, 1.807) is 0 Å². The average Bonchev–Trinajstić information content (AvgIpc) is 3.34. The van der Waals surface area contributed by atoms with Crippen molar-refractivity contribution in [1.82, 2.24) is 5.43 Å². The summed E-state index contributed by atoms with van der Waals surface area (Å²) in [6.45, 7) is 1.87. The Hall–Kier alpha value is -2.62. The van der Waals surface area contributed by atoms with E-state index >= 15 is 0 Å². The molecule has 2 atom stereocenters. The molecule has 2 aromatic carbocycles. The number of nitrogens with one attached hydrogen (secondary N) is 1. The highest BCUT2D eigenvalue weighted by Gasteiger charge is 2.43. The number of carbonyl (C=O) groups excluding carboxylic acids is 1. The number of anilines is 1. The van der Waals surface area contributed by atoms with Crippen molar-refractivity contribution in [3.05, 3.63) is 65.7 Å². The van der Waals surface area contributed by atoms with Crippen molar-refractivity contribution in [2.45, 2.75) is 19.3 Å². The second-order valence-electron chi connectivity index (χ2n) is 5.65. The van der Waals surface area contributed by atoms with Gasteiger partial charge in [-0.2, -0.15) is 5.10 Å². The van der Waals surface area contributed by atoms with Crippen LogP contribution in [0.25, 0.3) is 0 Å². The number of nitrogens with zero attached hydrogens (tertiary/aromatic N) is 1. The van der Waals surface area contributed by atoms with E-state index in [1.165, 1.54) is 5.56 Å². The Labute approximate surface area is 130 Å². The van der Waals surface area contributed by atoms with Gasteiger partial charge < -0.3 is 5.73 Å². The first-order valence-corrected chi connectivity index (χ1v) is 7.40.